The van der Waals surface area contributed by atoms with Crippen molar-refractivity contribution in [1.29, 1.82) is 0 Å². The highest BCUT2D eigenvalue weighted by molar-refractivity contribution is 4.87. The number of hydrogen-bond acceptors (Lipinski definition) is 4. The highest BCUT2D eigenvalue weighted by Gasteiger charge is 2.32. The topological polar surface area (TPSA) is 39.7 Å². The Labute approximate surface area is 118 Å². The van der Waals surface area contributed by atoms with Gasteiger partial charge in [0.2, 0.25) is 0 Å². The van der Waals surface area contributed by atoms with Gasteiger partial charge in [0, 0.05) is 19.7 Å². The minimum atomic E-state index is 0.0349. The van der Waals surface area contributed by atoms with Crippen LogP contribution in [0.5, 0.6) is 0 Å². The molecule has 1 aliphatic carbocycles. The number of nitrogens with one attached hydrogen (secondary N) is 1. The predicted octanol–water partition coefficient (Wildman–Crippen LogP) is 2.37. The minimum absolute atomic E-state index is 0.0349. The first-order chi connectivity index (χ1) is 9.18. The maximum absolute atomic E-state index is 6.17. The van der Waals surface area contributed by atoms with Crippen LogP contribution in [0, 0.1) is 0 Å². The summed E-state index contributed by atoms with van der Waals surface area (Å²) in [6, 6.07) is 0.514. The SMILES string of the molecule is COCCOCCOC1(CNC(C)C)CCCCC1. The van der Waals surface area contributed by atoms with Gasteiger partial charge in [0.15, 0.2) is 0 Å². The molecule has 0 aromatic rings. The van der Waals surface area contributed by atoms with Gasteiger partial charge in [-0.25, -0.2) is 0 Å². The third-order valence-corrected chi connectivity index (χ3v) is 3.66. The molecule has 1 N–H and O–H groups in total. The molecule has 0 atom stereocenters. The van der Waals surface area contributed by atoms with E-state index in [1.807, 2.05) is 0 Å². The Morgan fingerprint density at radius 3 is 2.32 bits per heavy atom. The van der Waals surface area contributed by atoms with Gasteiger partial charge in [-0.3, -0.25) is 0 Å². The van der Waals surface area contributed by atoms with Gasteiger partial charge in [-0.05, 0) is 12.8 Å². The molecular weight excluding hydrogens is 242 g/mol. The predicted molar refractivity (Wildman–Crippen MR) is 77.6 cm³/mol. The molecule has 1 aliphatic rings. The molecule has 0 spiro atoms. The van der Waals surface area contributed by atoms with Crippen molar-refractivity contribution in [2.75, 3.05) is 40.1 Å². The third-order valence-electron chi connectivity index (χ3n) is 3.66. The summed E-state index contributed by atoms with van der Waals surface area (Å²) >= 11 is 0. The summed E-state index contributed by atoms with van der Waals surface area (Å²) in [6.45, 7) is 7.98. The van der Waals surface area contributed by atoms with Crippen LogP contribution in [0.15, 0.2) is 0 Å². The van der Waals surface area contributed by atoms with Gasteiger partial charge in [-0.15, -0.1) is 0 Å². The fourth-order valence-corrected chi connectivity index (χ4v) is 2.52. The summed E-state index contributed by atoms with van der Waals surface area (Å²) in [6.07, 6.45) is 6.25. The van der Waals surface area contributed by atoms with Crippen LogP contribution in [0.1, 0.15) is 46.0 Å². The Kier molecular flexibility index (Phi) is 8.62. The van der Waals surface area contributed by atoms with E-state index in [4.69, 9.17) is 14.2 Å². The first-order valence-corrected chi connectivity index (χ1v) is 7.62. The molecule has 4 nitrogen and oxygen atoms in total. The van der Waals surface area contributed by atoms with Crippen LogP contribution < -0.4 is 5.32 Å². The molecule has 19 heavy (non-hydrogen) atoms. The molecule has 1 rings (SSSR count). The summed E-state index contributed by atoms with van der Waals surface area (Å²) in [4.78, 5) is 0. The summed E-state index contributed by atoms with van der Waals surface area (Å²) in [7, 11) is 1.69. The minimum Gasteiger partial charge on any atom is -0.382 e. The Hall–Kier alpha value is -0.160. The zero-order valence-corrected chi connectivity index (χ0v) is 12.9. The van der Waals surface area contributed by atoms with Crippen LogP contribution in [-0.2, 0) is 14.2 Å². The van der Waals surface area contributed by atoms with Crippen molar-refractivity contribution < 1.29 is 14.2 Å². The van der Waals surface area contributed by atoms with Crippen molar-refractivity contribution in [3.63, 3.8) is 0 Å². The van der Waals surface area contributed by atoms with E-state index in [1.54, 1.807) is 7.11 Å². The molecule has 114 valence electrons. The Morgan fingerprint density at radius 2 is 1.68 bits per heavy atom. The molecule has 0 unspecified atom stereocenters. The standard InChI is InChI=1S/C15H31NO3/c1-14(2)16-13-15(7-5-4-6-8-15)19-12-11-18-10-9-17-3/h14,16H,4-13H2,1-3H3. The van der Waals surface area contributed by atoms with Crippen LogP contribution in [0.3, 0.4) is 0 Å². The van der Waals surface area contributed by atoms with Gasteiger partial charge < -0.3 is 19.5 Å². The van der Waals surface area contributed by atoms with Crippen molar-refractivity contribution in [2.45, 2.75) is 57.6 Å². The van der Waals surface area contributed by atoms with E-state index >= 15 is 0 Å². The van der Waals surface area contributed by atoms with Crippen molar-refractivity contribution in [3.8, 4) is 0 Å². The zero-order valence-electron chi connectivity index (χ0n) is 12.9. The number of methoxy groups -OCH3 is 1. The zero-order chi connectivity index (χ0) is 14.0. The van der Waals surface area contributed by atoms with Crippen molar-refractivity contribution in [2.24, 2.45) is 0 Å². The Bertz CT molecular complexity index is 215. The number of hydrogen-bond donors (Lipinski definition) is 1. The first kappa shape index (κ1) is 16.9. The summed E-state index contributed by atoms with van der Waals surface area (Å²) in [5.74, 6) is 0. The molecule has 0 saturated heterocycles. The van der Waals surface area contributed by atoms with Gasteiger partial charge in [0.05, 0.1) is 32.0 Å². The largest absolute Gasteiger partial charge is 0.382 e. The number of rotatable bonds is 10. The number of ether oxygens (including phenoxy) is 3. The molecule has 0 radical (unpaired) electrons. The van der Waals surface area contributed by atoms with Crippen LogP contribution in [0.25, 0.3) is 0 Å². The van der Waals surface area contributed by atoms with E-state index in [9.17, 15) is 0 Å². The maximum atomic E-state index is 6.17. The molecule has 0 aromatic carbocycles. The summed E-state index contributed by atoms with van der Waals surface area (Å²) in [5.41, 5.74) is 0.0349. The molecule has 1 fully saturated rings. The van der Waals surface area contributed by atoms with E-state index in [1.165, 1.54) is 32.1 Å². The fourth-order valence-electron chi connectivity index (χ4n) is 2.52. The molecule has 4 heteroatoms. The average Bonchev–Trinajstić information content (AvgIpc) is 2.42. The van der Waals surface area contributed by atoms with Gasteiger partial charge in [0.25, 0.3) is 0 Å². The third kappa shape index (κ3) is 7.25. The van der Waals surface area contributed by atoms with Crippen molar-refractivity contribution >= 4 is 0 Å². The monoisotopic (exact) mass is 273 g/mol. The molecular formula is C15H31NO3. The molecule has 0 aliphatic heterocycles. The first-order valence-electron chi connectivity index (χ1n) is 7.62. The van der Waals surface area contributed by atoms with E-state index in [-0.39, 0.29) is 5.60 Å². The second-order valence-corrected chi connectivity index (χ2v) is 5.73. The molecule has 0 heterocycles. The van der Waals surface area contributed by atoms with Crippen LogP contribution in [-0.4, -0.2) is 51.7 Å². The van der Waals surface area contributed by atoms with Gasteiger partial charge in [-0.1, -0.05) is 33.1 Å². The maximum Gasteiger partial charge on any atom is 0.0807 e. The van der Waals surface area contributed by atoms with Crippen molar-refractivity contribution in [3.05, 3.63) is 0 Å². The van der Waals surface area contributed by atoms with Crippen molar-refractivity contribution in [1.82, 2.24) is 5.32 Å². The lowest BCUT2D eigenvalue weighted by Crippen LogP contribution is -2.47. The molecule has 0 aromatic heterocycles. The van der Waals surface area contributed by atoms with E-state index in [0.717, 1.165) is 6.54 Å². The van der Waals surface area contributed by atoms with Crippen LogP contribution in [0.4, 0.5) is 0 Å². The van der Waals surface area contributed by atoms with E-state index in [0.29, 0.717) is 32.5 Å². The van der Waals surface area contributed by atoms with Gasteiger partial charge >= 0.3 is 0 Å². The molecule has 0 bridgehead atoms. The summed E-state index contributed by atoms with van der Waals surface area (Å²) in [5, 5.41) is 3.53. The second kappa shape index (κ2) is 9.70. The Balaban J connectivity index is 2.24. The van der Waals surface area contributed by atoms with E-state index < -0.39 is 0 Å². The normalized spacial score (nSPS) is 18.9. The fraction of sp³-hybridized carbons (Fsp3) is 1.00. The quantitative estimate of drug-likeness (QED) is 0.620. The lowest BCUT2D eigenvalue weighted by molar-refractivity contribution is -0.0889. The van der Waals surface area contributed by atoms with Gasteiger partial charge in [0.1, 0.15) is 0 Å². The highest BCUT2D eigenvalue weighted by Crippen LogP contribution is 2.31. The lowest BCUT2D eigenvalue weighted by atomic mass is 9.84. The van der Waals surface area contributed by atoms with Gasteiger partial charge in [-0.2, -0.15) is 0 Å². The highest BCUT2D eigenvalue weighted by atomic mass is 16.5. The molecule has 0 amide bonds. The lowest BCUT2D eigenvalue weighted by Gasteiger charge is -2.38. The second-order valence-electron chi connectivity index (χ2n) is 5.73. The van der Waals surface area contributed by atoms with E-state index in [2.05, 4.69) is 19.2 Å². The Morgan fingerprint density at radius 1 is 1.00 bits per heavy atom. The van der Waals surface area contributed by atoms with Crippen LogP contribution in [0.2, 0.25) is 0 Å². The van der Waals surface area contributed by atoms with Crippen LogP contribution >= 0.6 is 0 Å². The molecule has 1 saturated carbocycles. The average molecular weight is 273 g/mol. The summed E-state index contributed by atoms with van der Waals surface area (Å²) < 4.78 is 16.6. The smallest absolute Gasteiger partial charge is 0.0807 e.